The molecule has 0 unspecified atom stereocenters. The molecule has 0 aliphatic carbocycles. The Morgan fingerprint density at radius 1 is 1.30 bits per heavy atom. The van der Waals surface area contributed by atoms with Crippen molar-refractivity contribution in [3.63, 3.8) is 0 Å². The van der Waals surface area contributed by atoms with Crippen LogP contribution in [0.3, 0.4) is 0 Å². The van der Waals surface area contributed by atoms with Gasteiger partial charge in [-0.1, -0.05) is 13.8 Å². The van der Waals surface area contributed by atoms with E-state index in [0.29, 0.717) is 0 Å². The third-order valence-electron chi connectivity index (χ3n) is 1.77. The number of hydrogen-bond donors (Lipinski definition) is 0. The number of aryl methyl sites for hydroxylation is 2. The number of aromatic nitrogens is 1. The fourth-order valence-electron chi connectivity index (χ4n) is 1.07. The van der Waals surface area contributed by atoms with Crippen LogP contribution in [0.1, 0.15) is 30.0 Å². The first-order valence-electron chi connectivity index (χ1n) is 3.73. The molecule has 0 aliphatic heterocycles. The lowest BCUT2D eigenvalue weighted by atomic mass is 10.2. The minimum Gasteiger partial charge on any atom is -0.197 e. The Labute approximate surface area is 66.3 Å². The molecule has 1 aromatic heterocycles. The van der Waals surface area contributed by atoms with Crippen molar-refractivity contribution in [1.82, 2.24) is 4.37 Å². The van der Waals surface area contributed by atoms with Crippen LogP contribution >= 0.6 is 11.5 Å². The maximum absolute atomic E-state index is 4.35. The SMILES string of the molecule is CCc1nsc(CC)c1C. The predicted octanol–water partition coefficient (Wildman–Crippen LogP) is 2.58. The summed E-state index contributed by atoms with van der Waals surface area (Å²) in [6.07, 6.45) is 2.20. The molecule has 2 heteroatoms. The van der Waals surface area contributed by atoms with E-state index in [1.165, 1.54) is 16.1 Å². The van der Waals surface area contributed by atoms with E-state index in [-0.39, 0.29) is 0 Å². The van der Waals surface area contributed by atoms with Crippen LogP contribution < -0.4 is 0 Å². The highest BCUT2D eigenvalue weighted by Gasteiger charge is 2.04. The monoisotopic (exact) mass is 155 g/mol. The summed E-state index contributed by atoms with van der Waals surface area (Å²) < 4.78 is 4.35. The summed E-state index contributed by atoms with van der Waals surface area (Å²) in [5, 5.41) is 0. The lowest BCUT2D eigenvalue weighted by molar-refractivity contribution is 1.04. The zero-order valence-corrected chi connectivity index (χ0v) is 7.59. The Morgan fingerprint density at radius 2 is 2.00 bits per heavy atom. The largest absolute Gasteiger partial charge is 0.197 e. The zero-order chi connectivity index (χ0) is 7.56. The summed E-state index contributed by atoms with van der Waals surface area (Å²) >= 11 is 1.65. The van der Waals surface area contributed by atoms with Crippen LogP contribution in [0.4, 0.5) is 0 Å². The van der Waals surface area contributed by atoms with Crippen molar-refractivity contribution < 1.29 is 0 Å². The molecule has 0 atom stereocenters. The Kier molecular flexibility index (Phi) is 2.44. The Morgan fingerprint density at radius 3 is 2.30 bits per heavy atom. The van der Waals surface area contributed by atoms with Crippen LogP contribution in [0.2, 0.25) is 0 Å². The van der Waals surface area contributed by atoms with Gasteiger partial charge in [-0.05, 0) is 36.9 Å². The van der Waals surface area contributed by atoms with Crippen molar-refractivity contribution in [3.8, 4) is 0 Å². The first-order valence-corrected chi connectivity index (χ1v) is 4.51. The van der Waals surface area contributed by atoms with Gasteiger partial charge in [0.15, 0.2) is 0 Å². The van der Waals surface area contributed by atoms with Crippen molar-refractivity contribution in [2.24, 2.45) is 0 Å². The fourth-order valence-corrected chi connectivity index (χ4v) is 1.94. The molecular weight excluding hydrogens is 142 g/mol. The van der Waals surface area contributed by atoms with Gasteiger partial charge in [0, 0.05) is 4.88 Å². The van der Waals surface area contributed by atoms with Crippen LogP contribution in [0.15, 0.2) is 0 Å². The Balaban J connectivity index is 2.97. The predicted molar refractivity (Wildman–Crippen MR) is 45.6 cm³/mol. The van der Waals surface area contributed by atoms with Crippen molar-refractivity contribution >= 4 is 11.5 Å². The standard InChI is InChI=1S/C8H13NS/c1-4-7-6(3)8(5-2)10-9-7/h4-5H2,1-3H3. The van der Waals surface area contributed by atoms with Gasteiger partial charge in [-0.15, -0.1) is 0 Å². The van der Waals surface area contributed by atoms with Gasteiger partial charge in [0.1, 0.15) is 0 Å². The summed E-state index contributed by atoms with van der Waals surface area (Å²) in [6, 6.07) is 0. The number of rotatable bonds is 2. The van der Waals surface area contributed by atoms with E-state index >= 15 is 0 Å². The summed E-state index contributed by atoms with van der Waals surface area (Å²) in [5.74, 6) is 0. The highest BCUT2D eigenvalue weighted by molar-refractivity contribution is 7.06. The van der Waals surface area contributed by atoms with Gasteiger partial charge in [0.05, 0.1) is 5.69 Å². The Hall–Kier alpha value is -0.370. The molecule has 1 nitrogen and oxygen atoms in total. The molecule has 0 bridgehead atoms. The van der Waals surface area contributed by atoms with E-state index in [1.54, 1.807) is 11.5 Å². The maximum Gasteiger partial charge on any atom is 0.0571 e. The summed E-state index contributed by atoms with van der Waals surface area (Å²) in [6.45, 7) is 6.50. The minimum atomic E-state index is 1.07. The highest BCUT2D eigenvalue weighted by atomic mass is 32.1. The molecule has 0 amide bonds. The van der Waals surface area contributed by atoms with Gasteiger partial charge in [-0.2, -0.15) is 4.37 Å². The zero-order valence-electron chi connectivity index (χ0n) is 6.77. The first kappa shape index (κ1) is 7.73. The smallest absolute Gasteiger partial charge is 0.0571 e. The number of nitrogens with zero attached hydrogens (tertiary/aromatic N) is 1. The molecule has 56 valence electrons. The topological polar surface area (TPSA) is 12.9 Å². The lowest BCUT2D eigenvalue weighted by Crippen LogP contribution is -1.84. The number of hydrogen-bond acceptors (Lipinski definition) is 2. The second kappa shape index (κ2) is 3.15. The average molecular weight is 155 g/mol. The molecule has 0 radical (unpaired) electrons. The van der Waals surface area contributed by atoms with Gasteiger partial charge in [0.25, 0.3) is 0 Å². The second-order valence-corrected chi connectivity index (χ2v) is 3.24. The normalized spacial score (nSPS) is 10.3. The molecule has 0 saturated heterocycles. The molecule has 0 spiro atoms. The molecule has 0 aromatic carbocycles. The van der Waals surface area contributed by atoms with Crippen LogP contribution in [0, 0.1) is 6.92 Å². The van der Waals surface area contributed by atoms with Crippen LogP contribution in [0.25, 0.3) is 0 Å². The summed E-state index contributed by atoms with van der Waals surface area (Å²) in [5.41, 5.74) is 2.69. The van der Waals surface area contributed by atoms with Crippen molar-refractivity contribution in [2.75, 3.05) is 0 Å². The van der Waals surface area contributed by atoms with E-state index in [0.717, 1.165) is 12.8 Å². The first-order chi connectivity index (χ1) is 4.79. The molecule has 0 saturated carbocycles. The van der Waals surface area contributed by atoms with Crippen molar-refractivity contribution in [3.05, 3.63) is 16.1 Å². The van der Waals surface area contributed by atoms with Gasteiger partial charge >= 0.3 is 0 Å². The van der Waals surface area contributed by atoms with Crippen LogP contribution in [-0.4, -0.2) is 4.37 Å². The molecule has 0 N–H and O–H groups in total. The molecule has 1 rings (SSSR count). The maximum atomic E-state index is 4.35. The minimum absolute atomic E-state index is 1.07. The summed E-state index contributed by atoms with van der Waals surface area (Å²) in [4.78, 5) is 1.44. The molecular formula is C8H13NS. The van der Waals surface area contributed by atoms with Gasteiger partial charge in [-0.3, -0.25) is 0 Å². The molecule has 0 fully saturated rings. The second-order valence-electron chi connectivity index (χ2n) is 2.38. The summed E-state index contributed by atoms with van der Waals surface area (Å²) in [7, 11) is 0. The Bertz CT molecular complexity index is 194. The highest BCUT2D eigenvalue weighted by Crippen LogP contribution is 2.18. The average Bonchev–Trinajstić information content (AvgIpc) is 2.30. The van der Waals surface area contributed by atoms with E-state index in [9.17, 15) is 0 Å². The quantitative estimate of drug-likeness (QED) is 0.639. The molecule has 0 aliphatic rings. The molecule has 1 aromatic rings. The van der Waals surface area contributed by atoms with E-state index in [4.69, 9.17) is 0 Å². The third kappa shape index (κ3) is 1.21. The van der Waals surface area contributed by atoms with Crippen molar-refractivity contribution in [2.45, 2.75) is 33.6 Å². The molecule has 10 heavy (non-hydrogen) atoms. The van der Waals surface area contributed by atoms with Crippen LogP contribution in [0.5, 0.6) is 0 Å². The van der Waals surface area contributed by atoms with Crippen molar-refractivity contribution in [1.29, 1.82) is 0 Å². The molecule has 1 heterocycles. The lowest BCUT2D eigenvalue weighted by Gasteiger charge is -1.92. The van der Waals surface area contributed by atoms with Gasteiger partial charge in [-0.25, -0.2) is 0 Å². The van der Waals surface area contributed by atoms with Gasteiger partial charge < -0.3 is 0 Å². The van der Waals surface area contributed by atoms with Gasteiger partial charge in [0.2, 0.25) is 0 Å². The van der Waals surface area contributed by atoms with E-state index in [2.05, 4.69) is 25.1 Å². The fraction of sp³-hybridized carbons (Fsp3) is 0.625. The third-order valence-corrected chi connectivity index (χ3v) is 2.90. The van der Waals surface area contributed by atoms with E-state index in [1.807, 2.05) is 0 Å². The van der Waals surface area contributed by atoms with E-state index < -0.39 is 0 Å². The van der Waals surface area contributed by atoms with Crippen LogP contribution in [-0.2, 0) is 12.8 Å².